The summed E-state index contributed by atoms with van der Waals surface area (Å²) in [6.45, 7) is 5.78. The molecule has 2 heterocycles. The molecule has 0 aliphatic carbocycles. The largest absolute Gasteiger partial charge is 0.437 e. The summed E-state index contributed by atoms with van der Waals surface area (Å²) in [5, 5.41) is 0. The van der Waals surface area contributed by atoms with Gasteiger partial charge in [0.25, 0.3) is 0 Å². The molecular weight excluding hydrogens is 340 g/mol. The Bertz CT molecular complexity index is 768. The normalized spacial score (nSPS) is 15.0. The van der Waals surface area contributed by atoms with Gasteiger partial charge in [0.05, 0.1) is 0 Å². The van der Waals surface area contributed by atoms with Gasteiger partial charge in [-0.1, -0.05) is 25.5 Å². The Kier molecular flexibility index (Phi) is 6.27. The van der Waals surface area contributed by atoms with Crippen molar-refractivity contribution in [3.8, 4) is 11.6 Å². The number of anilines is 2. The topological polar surface area (TPSA) is 81.3 Å². The third-order valence-electron chi connectivity index (χ3n) is 5.22. The van der Waals surface area contributed by atoms with Crippen LogP contribution in [0.25, 0.3) is 0 Å². The lowest BCUT2D eigenvalue weighted by Gasteiger charge is -2.33. The highest BCUT2D eigenvalue weighted by Gasteiger charge is 2.22. The van der Waals surface area contributed by atoms with E-state index in [0.29, 0.717) is 23.7 Å². The summed E-state index contributed by atoms with van der Waals surface area (Å²) < 4.78 is 5.89. The van der Waals surface area contributed by atoms with Crippen molar-refractivity contribution in [3.05, 3.63) is 36.2 Å². The van der Waals surface area contributed by atoms with Crippen LogP contribution >= 0.6 is 0 Å². The smallest absolute Gasteiger partial charge is 0.248 e. The SMILES string of the molecule is CCC1CCN(c2ncnc(Oc3ccc(CCC(C)=O)cc3)c2N)CC1. The van der Waals surface area contributed by atoms with Crippen LogP contribution in [0.2, 0.25) is 0 Å². The van der Waals surface area contributed by atoms with E-state index in [1.165, 1.54) is 12.7 Å². The first kappa shape index (κ1) is 19.1. The summed E-state index contributed by atoms with van der Waals surface area (Å²) in [5.41, 5.74) is 7.89. The Morgan fingerprint density at radius 3 is 2.56 bits per heavy atom. The minimum atomic E-state index is 0.194. The van der Waals surface area contributed by atoms with Crippen molar-refractivity contribution in [1.29, 1.82) is 0 Å². The molecule has 144 valence electrons. The van der Waals surface area contributed by atoms with Crippen molar-refractivity contribution in [3.63, 3.8) is 0 Å². The maximum atomic E-state index is 11.1. The van der Waals surface area contributed by atoms with E-state index in [-0.39, 0.29) is 5.78 Å². The van der Waals surface area contributed by atoms with Gasteiger partial charge >= 0.3 is 0 Å². The Labute approximate surface area is 160 Å². The monoisotopic (exact) mass is 368 g/mol. The Morgan fingerprint density at radius 1 is 1.22 bits per heavy atom. The van der Waals surface area contributed by atoms with Crippen molar-refractivity contribution < 1.29 is 9.53 Å². The van der Waals surface area contributed by atoms with Crippen LogP contribution in [0.15, 0.2) is 30.6 Å². The lowest BCUT2D eigenvalue weighted by Crippen LogP contribution is -2.34. The predicted molar refractivity (Wildman–Crippen MR) is 107 cm³/mol. The van der Waals surface area contributed by atoms with Crippen molar-refractivity contribution in [2.24, 2.45) is 5.92 Å². The Morgan fingerprint density at radius 2 is 1.93 bits per heavy atom. The van der Waals surface area contributed by atoms with Gasteiger partial charge in [-0.05, 0) is 49.8 Å². The molecule has 0 spiro atoms. The molecule has 1 fully saturated rings. The van der Waals surface area contributed by atoms with Crippen LogP contribution in [-0.4, -0.2) is 28.8 Å². The van der Waals surface area contributed by atoms with Gasteiger partial charge in [-0.3, -0.25) is 0 Å². The number of carbonyl (C=O) groups excluding carboxylic acids is 1. The molecule has 1 aliphatic heterocycles. The molecule has 0 saturated carbocycles. The number of ether oxygens (including phenoxy) is 1. The van der Waals surface area contributed by atoms with E-state index in [9.17, 15) is 4.79 Å². The average Bonchev–Trinajstić information content (AvgIpc) is 2.69. The zero-order valence-corrected chi connectivity index (χ0v) is 16.1. The second-order valence-corrected chi connectivity index (χ2v) is 7.20. The molecule has 3 rings (SSSR count). The molecule has 1 aliphatic rings. The van der Waals surface area contributed by atoms with E-state index in [2.05, 4.69) is 21.8 Å². The Balaban J connectivity index is 1.68. The molecule has 1 aromatic heterocycles. The maximum absolute atomic E-state index is 11.1. The third-order valence-corrected chi connectivity index (χ3v) is 5.22. The fraction of sp³-hybridized carbons (Fsp3) is 0.476. The van der Waals surface area contributed by atoms with Crippen molar-refractivity contribution in [2.45, 2.75) is 46.0 Å². The van der Waals surface area contributed by atoms with Gasteiger partial charge in [-0.25, -0.2) is 4.98 Å². The standard InChI is InChI=1S/C21H28N4O2/c1-3-16-10-12-25(13-11-16)20-19(22)21(24-14-23-20)27-18-8-6-17(7-9-18)5-4-15(2)26/h6-9,14,16H,3-5,10-13,22H2,1-2H3. The second-order valence-electron chi connectivity index (χ2n) is 7.20. The molecular formula is C21H28N4O2. The number of ketones is 1. The summed E-state index contributed by atoms with van der Waals surface area (Å²) >= 11 is 0. The third kappa shape index (κ3) is 4.96. The highest BCUT2D eigenvalue weighted by molar-refractivity contribution is 5.75. The quantitative estimate of drug-likeness (QED) is 0.795. The summed E-state index contributed by atoms with van der Waals surface area (Å²) in [6, 6.07) is 7.69. The first-order valence-corrected chi connectivity index (χ1v) is 9.68. The van der Waals surface area contributed by atoms with Gasteiger partial charge in [0.2, 0.25) is 5.88 Å². The van der Waals surface area contributed by atoms with Crippen LogP contribution in [0.4, 0.5) is 11.5 Å². The fourth-order valence-corrected chi connectivity index (χ4v) is 3.41. The van der Waals surface area contributed by atoms with Gasteiger partial charge in [-0.2, -0.15) is 4.98 Å². The molecule has 27 heavy (non-hydrogen) atoms. The first-order chi connectivity index (χ1) is 13.1. The number of hydrogen-bond donors (Lipinski definition) is 1. The fourth-order valence-electron chi connectivity index (χ4n) is 3.41. The van der Waals surface area contributed by atoms with Gasteiger partial charge in [0, 0.05) is 19.5 Å². The number of rotatable bonds is 7. The molecule has 0 bridgehead atoms. The number of carbonyl (C=O) groups is 1. The predicted octanol–water partition coefficient (Wildman–Crippen LogP) is 4.00. The molecule has 0 atom stereocenters. The molecule has 6 heteroatoms. The first-order valence-electron chi connectivity index (χ1n) is 9.68. The zero-order valence-electron chi connectivity index (χ0n) is 16.1. The van der Waals surface area contributed by atoms with Crippen molar-refractivity contribution in [2.75, 3.05) is 23.7 Å². The van der Waals surface area contributed by atoms with Crippen molar-refractivity contribution >= 4 is 17.3 Å². The molecule has 0 amide bonds. The number of aromatic nitrogens is 2. The number of hydrogen-bond acceptors (Lipinski definition) is 6. The molecule has 6 nitrogen and oxygen atoms in total. The maximum Gasteiger partial charge on any atom is 0.248 e. The second kappa shape index (κ2) is 8.84. The number of nitrogens with two attached hydrogens (primary N) is 1. The molecule has 1 aromatic carbocycles. The van der Waals surface area contributed by atoms with Crippen molar-refractivity contribution in [1.82, 2.24) is 9.97 Å². The summed E-state index contributed by atoms with van der Waals surface area (Å²) in [6.07, 6.45) is 6.36. The Hall–Kier alpha value is -2.63. The van der Waals surface area contributed by atoms with E-state index in [0.717, 1.165) is 49.7 Å². The number of nitrogen functional groups attached to an aromatic ring is 1. The van der Waals surface area contributed by atoms with Crippen LogP contribution in [0.5, 0.6) is 11.6 Å². The average molecular weight is 368 g/mol. The molecule has 2 aromatic rings. The van der Waals surface area contributed by atoms with Crippen LogP contribution in [0.3, 0.4) is 0 Å². The molecule has 0 radical (unpaired) electrons. The lowest BCUT2D eigenvalue weighted by atomic mass is 9.94. The van der Waals surface area contributed by atoms with Gasteiger partial charge in [0.15, 0.2) is 5.82 Å². The summed E-state index contributed by atoms with van der Waals surface area (Å²) in [4.78, 5) is 21.9. The summed E-state index contributed by atoms with van der Waals surface area (Å²) in [5.74, 6) is 2.80. The number of benzene rings is 1. The molecule has 2 N–H and O–H groups in total. The molecule has 1 saturated heterocycles. The van der Waals surface area contributed by atoms with Gasteiger partial charge in [0.1, 0.15) is 23.5 Å². The number of Topliss-reactive ketones (excluding diaryl/α,β-unsaturated/α-hetero) is 1. The zero-order chi connectivity index (χ0) is 19.2. The van der Waals surface area contributed by atoms with Crippen LogP contribution in [0.1, 0.15) is 45.1 Å². The van der Waals surface area contributed by atoms with E-state index in [1.807, 2.05) is 24.3 Å². The number of aryl methyl sites for hydroxylation is 1. The van der Waals surface area contributed by atoms with E-state index in [4.69, 9.17) is 10.5 Å². The highest BCUT2D eigenvalue weighted by atomic mass is 16.5. The van der Waals surface area contributed by atoms with Gasteiger partial charge in [-0.15, -0.1) is 0 Å². The summed E-state index contributed by atoms with van der Waals surface area (Å²) in [7, 11) is 0. The highest BCUT2D eigenvalue weighted by Crippen LogP contribution is 2.33. The lowest BCUT2D eigenvalue weighted by molar-refractivity contribution is -0.116. The van der Waals surface area contributed by atoms with E-state index < -0.39 is 0 Å². The van der Waals surface area contributed by atoms with E-state index in [1.54, 1.807) is 6.92 Å². The van der Waals surface area contributed by atoms with Crippen LogP contribution in [-0.2, 0) is 11.2 Å². The number of piperidine rings is 1. The van der Waals surface area contributed by atoms with Gasteiger partial charge < -0.3 is 20.2 Å². The minimum absolute atomic E-state index is 0.194. The molecule has 0 unspecified atom stereocenters. The number of nitrogens with zero attached hydrogens (tertiary/aromatic N) is 3. The minimum Gasteiger partial charge on any atom is -0.437 e. The van der Waals surface area contributed by atoms with Crippen LogP contribution < -0.4 is 15.4 Å². The van der Waals surface area contributed by atoms with Crippen LogP contribution in [0, 0.1) is 5.92 Å². The van der Waals surface area contributed by atoms with E-state index >= 15 is 0 Å².